The van der Waals surface area contributed by atoms with Gasteiger partial charge in [-0.1, -0.05) is 0 Å². The molecular weight excluding hydrogens is 234 g/mol. The molecule has 0 radical (unpaired) electrons. The highest BCUT2D eigenvalue weighted by atomic mass is 32.2. The molecule has 16 heavy (non-hydrogen) atoms. The first-order valence-electron chi connectivity index (χ1n) is 4.97. The molecular formula is C8H17N3O4S. The van der Waals surface area contributed by atoms with E-state index in [2.05, 4.69) is 10.1 Å². The van der Waals surface area contributed by atoms with E-state index in [-0.39, 0.29) is 6.54 Å². The van der Waals surface area contributed by atoms with E-state index in [1.54, 1.807) is 0 Å². The molecule has 1 fully saturated rings. The standard InChI is InChI=1S/C8H17N3O4S/c1-10(7-8(12)15-2)16(13,14)11-5-3-9-4-6-11/h9H,3-7H2,1-2H3. The van der Waals surface area contributed by atoms with E-state index in [0.29, 0.717) is 26.2 Å². The summed E-state index contributed by atoms with van der Waals surface area (Å²) in [5.74, 6) is -0.568. The van der Waals surface area contributed by atoms with Crippen LogP contribution in [0.25, 0.3) is 0 Å². The molecule has 0 aromatic carbocycles. The fourth-order valence-electron chi connectivity index (χ4n) is 1.40. The molecule has 1 saturated heterocycles. The van der Waals surface area contributed by atoms with Crippen molar-refractivity contribution in [2.75, 3.05) is 46.9 Å². The molecule has 0 bridgehead atoms. The average molecular weight is 251 g/mol. The lowest BCUT2D eigenvalue weighted by Gasteiger charge is -2.30. The monoisotopic (exact) mass is 251 g/mol. The molecule has 1 heterocycles. The third-order valence-electron chi connectivity index (χ3n) is 2.38. The summed E-state index contributed by atoms with van der Waals surface area (Å²) in [4.78, 5) is 11.0. The first kappa shape index (κ1) is 13.4. The number of nitrogens with zero attached hydrogens (tertiary/aromatic N) is 2. The second kappa shape index (κ2) is 5.58. The number of esters is 1. The Balaban J connectivity index is 2.64. The van der Waals surface area contributed by atoms with Gasteiger partial charge in [0.25, 0.3) is 10.2 Å². The molecule has 0 aromatic heterocycles. The van der Waals surface area contributed by atoms with Gasteiger partial charge in [-0.2, -0.15) is 17.0 Å². The summed E-state index contributed by atoms with van der Waals surface area (Å²) in [6.45, 7) is 1.85. The van der Waals surface area contributed by atoms with E-state index < -0.39 is 16.2 Å². The summed E-state index contributed by atoms with van der Waals surface area (Å²) in [5.41, 5.74) is 0. The predicted molar refractivity (Wildman–Crippen MR) is 58.0 cm³/mol. The van der Waals surface area contributed by atoms with Crippen molar-refractivity contribution in [1.82, 2.24) is 13.9 Å². The van der Waals surface area contributed by atoms with E-state index in [0.717, 1.165) is 4.31 Å². The first-order valence-corrected chi connectivity index (χ1v) is 6.37. The molecule has 0 aliphatic carbocycles. The molecule has 0 aromatic rings. The zero-order chi connectivity index (χ0) is 12.2. The van der Waals surface area contributed by atoms with Crippen molar-refractivity contribution in [2.45, 2.75) is 0 Å². The molecule has 1 rings (SSSR count). The van der Waals surface area contributed by atoms with E-state index in [1.807, 2.05) is 0 Å². The third-order valence-corrected chi connectivity index (χ3v) is 4.31. The van der Waals surface area contributed by atoms with Crippen LogP contribution in [0.2, 0.25) is 0 Å². The topological polar surface area (TPSA) is 79.0 Å². The highest BCUT2D eigenvalue weighted by Crippen LogP contribution is 2.07. The Morgan fingerprint density at radius 1 is 1.44 bits per heavy atom. The third kappa shape index (κ3) is 3.14. The highest BCUT2D eigenvalue weighted by molar-refractivity contribution is 7.86. The zero-order valence-electron chi connectivity index (χ0n) is 9.47. The number of methoxy groups -OCH3 is 1. The van der Waals surface area contributed by atoms with Crippen molar-refractivity contribution in [1.29, 1.82) is 0 Å². The maximum Gasteiger partial charge on any atom is 0.321 e. The number of carbonyl (C=O) groups excluding carboxylic acids is 1. The summed E-state index contributed by atoms with van der Waals surface area (Å²) in [6, 6.07) is 0. The summed E-state index contributed by atoms with van der Waals surface area (Å²) in [7, 11) is -0.942. The number of hydrogen-bond acceptors (Lipinski definition) is 5. The minimum atomic E-state index is -3.54. The lowest BCUT2D eigenvalue weighted by atomic mass is 10.4. The van der Waals surface area contributed by atoms with Gasteiger partial charge < -0.3 is 10.1 Å². The molecule has 1 aliphatic rings. The van der Waals surface area contributed by atoms with Gasteiger partial charge >= 0.3 is 5.97 Å². The van der Waals surface area contributed by atoms with Gasteiger partial charge in [-0.25, -0.2) is 0 Å². The summed E-state index contributed by atoms with van der Waals surface area (Å²) >= 11 is 0. The second-order valence-electron chi connectivity index (χ2n) is 3.49. The van der Waals surface area contributed by atoms with Crippen LogP contribution >= 0.6 is 0 Å². The Labute approximate surface area is 95.5 Å². The minimum Gasteiger partial charge on any atom is -0.468 e. The van der Waals surface area contributed by atoms with Crippen molar-refractivity contribution in [3.05, 3.63) is 0 Å². The lowest BCUT2D eigenvalue weighted by molar-refractivity contribution is -0.140. The number of nitrogens with one attached hydrogen (secondary N) is 1. The minimum absolute atomic E-state index is 0.261. The largest absolute Gasteiger partial charge is 0.468 e. The van der Waals surface area contributed by atoms with Crippen LogP contribution in [0.15, 0.2) is 0 Å². The van der Waals surface area contributed by atoms with Gasteiger partial charge in [0, 0.05) is 33.2 Å². The van der Waals surface area contributed by atoms with Crippen LogP contribution < -0.4 is 5.32 Å². The molecule has 7 nitrogen and oxygen atoms in total. The normalized spacial score (nSPS) is 18.7. The van der Waals surface area contributed by atoms with Gasteiger partial charge in [0.15, 0.2) is 0 Å². The number of rotatable bonds is 4. The van der Waals surface area contributed by atoms with Gasteiger partial charge in [0.05, 0.1) is 7.11 Å². The quantitative estimate of drug-likeness (QED) is 0.599. The molecule has 0 spiro atoms. The van der Waals surface area contributed by atoms with E-state index in [1.165, 1.54) is 18.5 Å². The fourth-order valence-corrected chi connectivity index (χ4v) is 2.71. The van der Waals surface area contributed by atoms with Crippen LogP contribution in [0.4, 0.5) is 0 Å². The predicted octanol–water partition coefficient (Wildman–Crippen LogP) is -1.76. The van der Waals surface area contributed by atoms with Crippen molar-refractivity contribution in [2.24, 2.45) is 0 Å². The Kier molecular flexibility index (Phi) is 4.66. The molecule has 0 saturated carbocycles. The van der Waals surface area contributed by atoms with E-state index in [9.17, 15) is 13.2 Å². The molecule has 0 amide bonds. The van der Waals surface area contributed by atoms with Gasteiger partial charge in [-0.15, -0.1) is 0 Å². The number of piperazine rings is 1. The summed E-state index contributed by atoms with van der Waals surface area (Å²) < 4.78 is 30.7. The second-order valence-corrected chi connectivity index (χ2v) is 5.52. The van der Waals surface area contributed by atoms with E-state index in [4.69, 9.17) is 0 Å². The maximum absolute atomic E-state index is 12.0. The van der Waals surface area contributed by atoms with Crippen LogP contribution in [0.5, 0.6) is 0 Å². The maximum atomic E-state index is 12.0. The molecule has 8 heteroatoms. The van der Waals surface area contributed by atoms with Crippen LogP contribution in [0, 0.1) is 0 Å². The SMILES string of the molecule is COC(=O)CN(C)S(=O)(=O)N1CCNCC1. The van der Waals surface area contributed by atoms with Crippen LogP contribution in [0.3, 0.4) is 0 Å². The highest BCUT2D eigenvalue weighted by Gasteiger charge is 2.29. The number of hydrogen-bond donors (Lipinski definition) is 1. The summed E-state index contributed by atoms with van der Waals surface area (Å²) in [5, 5.41) is 3.06. The van der Waals surface area contributed by atoms with Crippen LogP contribution in [-0.4, -0.2) is 69.9 Å². The van der Waals surface area contributed by atoms with Gasteiger partial charge in [-0.05, 0) is 0 Å². The van der Waals surface area contributed by atoms with Gasteiger partial charge in [0.1, 0.15) is 6.54 Å². The molecule has 1 aliphatic heterocycles. The molecule has 1 N–H and O–H groups in total. The van der Waals surface area contributed by atoms with Crippen molar-refractivity contribution in [3.8, 4) is 0 Å². The van der Waals surface area contributed by atoms with Crippen molar-refractivity contribution in [3.63, 3.8) is 0 Å². The first-order chi connectivity index (χ1) is 7.48. The van der Waals surface area contributed by atoms with Crippen molar-refractivity contribution >= 4 is 16.2 Å². The van der Waals surface area contributed by atoms with Gasteiger partial charge in [0.2, 0.25) is 0 Å². The Morgan fingerprint density at radius 2 is 2.00 bits per heavy atom. The number of carbonyl (C=O) groups is 1. The zero-order valence-corrected chi connectivity index (χ0v) is 10.3. The Bertz CT molecular complexity index is 337. The Hall–Kier alpha value is -0.700. The molecule has 0 unspecified atom stereocenters. The Morgan fingerprint density at radius 3 is 2.50 bits per heavy atom. The number of ether oxygens (including phenoxy) is 1. The fraction of sp³-hybridized carbons (Fsp3) is 0.875. The van der Waals surface area contributed by atoms with Crippen LogP contribution in [-0.2, 0) is 19.7 Å². The van der Waals surface area contributed by atoms with E-state index >= 15 is 0 Å². The lowest BCUT2D eigenvalue weighted by Crippen LogP contribution is -2.51. The molecule has 94 valence electrons. The molecule has 0 atom stereocenters. The van der Waals surface area contributed by atoms with Crippen LogP contribution in [0.1, 0.15) is 0 Å². The smallest absolute Gasteiger partial charge is 0.321 e. The summed E-state index contributed by atoms with van der Waals surface area (Å²) in [6.07, 6.45) is 0. The average Bonchev–Trinajstić information content (AvgIpc) is 2.29. The van der Waals surface area contributed by atoms with Crippen molar-refractivity contribution < 1.29 is 17.9 Å². The van der Waals surface area contributed by atoms with Gasteiger partial charge in [-0.3, -0.25) is 4.79 Å². The number of likely N-dealkylation sites (N-methyl/N-ethyl adjacent to an activating group) is 1.